The highest BCUT2D eigenvalue weighted by Gasteiger charge is 2.25. The van der Waals surface area contributed by atoms with Gasteiger partial charge in [0.15, 0.2) is 0 Å². The van der Waals surface area contributed by atoms with Gasteiger partial charge in [-0.1, -0.05) is 18.2 Å². The largest absolute Gasteiger partial charge is 0.323 e. The molecule has 0 bridgehead atoms. The maximum absolute atomic E-state index is 12.1. The number of anilines is 3. The van der Waals surface area contributed by atoms with E-state index in [0.717, 1.165) is 22.5 Å². The third kappa shape index (κ3) is 3.04. The zero-order valence-corrected chi connectivity index (χ0v) is 13.2. The molecule has 23 heavy (non-hydrogen) atoms. The number of para-hydroxylation sites is 1. The van der Waals surface area contributed by atoms with Gasteiger partial charge in [0.25, 0.3) is 0 Å². The van der Waals surface area contributed by atoms with E-state index >= 15 is 0 Å². The Morgan fingerprint density at radius 2 is 1.96 bits per heavy atom. The highest BCUT2D eigenvalue weighted by molar-refractivity contribution is 6.03. The number of aryl methyl sites for hydroxylation is 1. The van der Waals surface area contributed by atoms with Crippen LogP contribution in [0.15, 0.2) is 42.5 Å². The minimum atomic E-state index is -0.295. The molecule has 118 valence electrons. The summed E-state index contributed by atoms with van der Waals surface area (Å²) in [5.74, 6) is 0.101. The summed E-state index contributed by atoms with van der Waals surface area (Å²) >= 11 is 0. The standard InChI is InChI=1S/C18H19N3O2/c1-3-21-16-9-8-14(10-13(16)11-17(21)22)19-18(23)20-15-7-5-4-6-12(15)2/h4-10H,3,11H2,1-2H3,(H2,19,20,23). The van der Waals surface area contributed by atoms with Crippen LogP contribution in [0.5, 0.6) is 0 Å². The summed E-state index contributed by atoms with van der Waals surface area (Å²) in [4.78, 5) is 25.8. The molecule has 2 aromatic rings. The Morgan fingerprint density at radius 1 is 1.17 bits per heavy atom. The first-order valence-corrected chi connectivity index (χ1v) is 7.65. The van der Waals surface area contributed by atoms with Crippen molar-refractivity contribution in [3.8, 4) is 0 Å². The molecule has 5 heteroatoms. The molecule has 0 saturated carbocycles. The van der Waals surface area contributed by atoms with Gasteiger partial charge in [-0.05, 0) is 49.2 Å². The van der Waals surface area contributed by atoms with Crippen molar-refractivity contribution in [2.24, 2.45) is 0 Å². The van der Waals surface area contributed by atoms with Crippen molar-refractivity contribution >= 4 is 29.0 Å². The third-order valence-electron chi connectivity index (χ3n) is 3.98. The van der Waals surface area contributed by atoms with Gasteiger partial charge in [-0.3, -0.25) is 4.79 Å². The topological polar surface area (TPSA) is 61.4 Å². The molecular formula is C18H19N3O2. The quantitative estimate of drug-likeness (QED) is 0.911. The van der Waals surface area contributed by atoms with E-state index < -0.39 is 0 Å². The SMILES string of the molecule is CCN1C(=O)Cc2cc(NC(=O)Nc3ccccc3C)ccc21. The first kappa shape index (κ1) is 15.1. The van der Waals surface area contributed by atoms with Gasteiger partial charge in [-0.15, -0.1) is 0 Å². The molecule has 0 atom stereocenters. The van der Waals surface area contributed by atoms with Crippen LogP contribution in [0.2, 0.25) is 0 Å². The average Bonchev–Trinajstić information content (AvgIpc) is 2.83. The Bertz CT molecular complexity index is 771. The molecule has 1 aliphatic rings. The molecule has 0 unspecified atom stereocenters. The third-order valence-corrected chi connectivity index (χ3v) is 3.98. The molecule has 0 aliphatic carbocycles. The normalized spacial score (nSPS) is 13.0. The highest BCUT2D eigenvalue weighted by Crippen LogP contribution is 2.31. The summed E-state index contributed by atoms with van der Waals surface area (Å²) in [6.45, 7) is 4.55. The molecule has 2 N–H and O–H groups in total. The van der Waals surface area contributed by atoms with Gasteiger partial charge in [-0.2, -0.15) is 0 Å². The minimum Gasteiger partial charge on any atom is -0.312 e. The zero-order valence-electron chi connectivity index (χ0n) is 13.2. The zero-order chi connectivity index (χ0) is 16.4. The maximum atomic E-state index is 12.1. The Morgan fingerprint density at radius 3 is 2.70 bits per heavy atom. The van der Waals surface area contributed by atoms with Crippen LogP contribution in [0.25, 0.3) is 0 Å². The Kier molecular flexibility index (Phi) is 4.02. The van der Waals surface area contributed by atoms with Gasteiger partial charge >= 0.3 is 6.03 Å². The molecule has 0 fully saturated rings. The monoisotopic (exact) mass is 309 g/mol. The second-order valence-electron chi connectivity index (χ2n) is 5.55. The van der Waals surface area contributed by atoms with Crippen LogP contribution < -0.4 is 15.5 Å². The Hall–Kier alpha value is -2.82. The van der Waals surface area contributed by atoms with Gasteiger partial charge in [0.05, 0.1) is 6.42 Å². The van der Waals surface area contributed by atoms with Crippen molar-refractivity contribution in [1.82, 2.24) is 0 Å². The number of carbonyl (C=O) groups excluding carboxylic acids is 2. The van der Waals surface area contributed by atoms with Gasteiger partial charge < -0.3 is 15.5 Å². The fourth-order valence-corrected chi connectivity index (χ4v) is 2.81. The van der Waals surface area contributed by atoms with E-state index in [-0.39, 0.29) is 11.9 Å². The van der Waals surface area contributed by atoms with E-state index in [1.807, 2.05) is 56.3 Å². The van der Waals surface area contributed by atoms with Crippen LogP contribution in [0.4, 0.5) is 21.9 Å². The van der Waals surface area contributed by atoms with Crippen LogP contribution in [0.1, 0.15) is 18.1 Å². The van der Waals surface area contributed by atoms with Crippen molar-refractivity contribution in [3.05, 3.63) is 53.6 Å². The summed E-state index contributed by atoms with van der Waals surface area (Å²) in [5, 5.41) is 5.64. The summed E-state index contributed by atoms with van der Waals surface area (Å²) in [6.07, 6.45) is 0.387. The van der Waals surface area contributed by atoms with E-state index in [4.69, 9.17) is 0 Å². The average molecular weight is 309 g/mol. The number of nitrogens with zero attached hydrogens (tertiary/aromatic N) is 1. The minimum absolute atomic E-state index is 0.101. The lowest BCUT2D eigenvalue weighted by Crippen LogP contribution is -2.25. The number of urea groups is 1. The number of benzene rings is 2. The van der Waals surface area contributed by atoms with Crippen LogP contribution in [-0.4, -0.2) is 18.5 Å². The second-order valence-corrected chi connectivity index (χ2v) is 5.55. The van der Waals surface area contributed by atoms with E-state index in [9.17, 15) is 9.59 Å². The molecule has 0 saturated heterocycles. The lowest BCUT2D eigenvalue weighted by atomic mass is 10.1. The van der Waals surface area contributed by atoms with Crippen molar-refractivity contribution in [2.45, 2.75) is 20.3 Å². The van der Waals surface area contributed by atoms with Crippen molar-refractivity contribution in [3.63, 3.8) is 0 Å². The number of carbonyl (C=O) groups is 2. The molecular weight excluding hydrogens is 290 g/mol. The summed E-state index contributed by atoms with van der Waals surface area (Å²) in [6, 6.07) is 12.9. The number of hydrogen-bond acceptors (Lipinski definition) is 2. The molecule has 3 rings (SSSR count). The van der Waals surface area contributed by atoms with Crippen LogP contribution in [0.3, 0.4) is 0 Å². The van der Waals surface area contributed by atoms with E-state index in [1.165, 1.54) is 0 Å². The lowest BCUT2D eigenvalue weighted by Gasteiger charge is -2.15. The second kappa shape index (κ2) is 6.12. The predicted octanol–water partition coefficient (Wildman–Crippen LogP) is 3.55. The van der Waals surface area contributed by atoms with E-state index in [1.54, 1.807) is 4.90 Å². The number of rotatable bonds is 3. The number of nitrogens with one attached hydrogen (secondary N) is 2. The maximum Gasteiger partial charge on any atom is 0.323 e. The number of amides is 3. The lowest BCUT2D eigenvalue weighted by molar-refractivity contribution is -0.117. The molecule has 0 radical (unpaired) electrons. The van der Waals surface area contributed by atoms with Crippen molar-refractivity contribution in [2.75, 3.05) is 22.1 Å². The molecule has 1 heterocycles. The molecule has 2 aromatic carbocycles. The fraction of sp³-hybridized carbons (Fsp3) is 0.222. The van der Waals surface area contributed by atoms with Gasteiger partial charge in [-0.25, -0.2) is 4.79 Å². The van der Waals surface area contributed by atoms with E-state index in [0.29, 0.717) is 18.7 Å². The molecule has 5 nitrogen and oxygen atoms in total. The molecule has 1 aliphatic heterocycles. The molecule has 3 amide bonds. The number of hydrogen-bond donors (Lipinski definition) is 2. The highest BCUT2D eigenvalue weighted by atomic mass is 16.2. The van der Waals surface area contributed by atoms with Gasteiger partial charge in [0.2, 0.25) is 5.91 Å². The van der Waals surface area contributed by atoms with Gasteiger partial charge in [0, 0.05) is 23.6 Å². The molecule has 0 spiro atoms. The first-order valence-electron chi connectivity index (χ1n) is 7.65. The van der Waals surface area contributed by atoms with E-state index in [2.05, 4.69) is 10.6 Å². The Balaban J connectivity index is 1.72. The summed E-state index contributed by atoms with van der Waals surface area (Å²) in [5.41, 5.74) is 4.34. The number of fused-ring (bicyclic) bond motifs is 1. The van der Waals surface area contributed by atoms with Crippen LogP contribution >= 0.6 is 0 Å². The van der Waals surface area contributed by atoms with Crippen LogP contribution in [-0.2, 0) is 11.2 Å². The Labute approximate surface area is 135 Å². The first-order chi connectivity index (χ1) is 11.1. The van der Waals surface area contributed by atoms with Crippen LogP contribution in [0, 0.1) is 6.92 Å². The van der Waals surface area contributed by atoms with Gasteiger partial charge in [0.1, 0.15) is 0 Å². The van der Waals surface area contributed by atoms with Crippen molar-refractivity contribution < 1.29 is 9.59 Å². The number of likely N-dealkylation sites (N-methyl/N-ethyl adjacent to an activating group) is 1. The fourth-order valence-electron chi connectivity index (χ4n) is 2.81. The predicted molar refractivity (Wildman–Crippen MR) is 92.0 cm³/mol. The van der Waals surface area contributed by atoms with Crippen molar-refractivity contribution in [1.29, 1.82) is 0 Å². The summed E-state index contributed by atoms with van der Waals surface area (Å²) in [7, 11) is 0. The molecule has 0 aromatic heterocycles. The summed E-state index contributed by atoms with van der Waals surface area (Å²) < 4.78 is 0. The smallest absolute Gasteiger partial charge is 0.312 e.